The predicted molar refractivity (Wildman–Crippen MR) is 119 cm³/mol. The molecule has 1 amide bonds. The molecule has 0 saturated carbocycles. The molecule has 0 aliphatic rings. The van der Waals surface area contributed by atoms with Crippen molar-refractivity contribution in [1.82, 2.24) is 25.0 Å². The monoisotopic (exact) mass is 506 g/mol. The van der Waals surface area contributed by atoms with E-state index in [1.165, 1.54) is 26.5 Å². The third kappa shape index (κ3) is 17.9. The van der Waals surface area contributed by atoms with Crippen molar-refractivity contribution in [2.45, 2.75) is 6.92 Å². The standard InChI is InChI=1S/C19H34N6O10/c1-14(26)8-24(12-18(32)33)6-4-22(10-16(28)29)2-3-23(11-17(30)31)5-7-25(13-19(34)35)9-15(27)21-20/h2-13,20H2,1H3,(H,21,27)(H,28,29)(H,30,31)(H,32,33)(H,34,35). The molecule has 0 rings (SSSR count). The van der Waals surface area contributed by atoms with Gasteiger partial charge in [-0.2, -0.15) is 0 Å². The second-order valence-corrected chi connectivity index (χ2v) is 7.82. The van der Waals surface area contributed by atoms with Crippen molar-refractivity contribution >= 4 is 35.6 Å². The van der Waals surface area contributed by atoms with Crippen LogP contribution in [0.25, 0.3) is 0 Å². The van der Waals surface area contributed by atoms with Crippen LogP contribution in [0.5, 0.6) is 0 Å². The third-order valence-electron chi connectivity index (χ3n) is 4.61. The molecule has 35 heavy (non-hydrogen) atoms. The molecule has 0 aromatic rings. The molecule has 0 aliphatic heterocycles. The summed E-state index contributed by atoms with van der Waals surface area (Å²) in [6, 6.07) is 0. The number of nitrogens with zero attached hydrogens (tertiary/aromatic N) is 4. The highest BCUT2D eigenvalue weighted by Crippen LogP contribution is 1.99. The molecule has 0 atom stereocenters. The van der Waals surface area contributed by atoms with Crippen LogP contribution in [0.1, 0.15) is 6.92 Å². The number of nitrogens with one attached hydrogen (secondary N) is 1. The Morgan fingerprint density at radius 2 is 0.829 bits per heavy atom. The maximum Gasteiger partial charge on any atom is 0.317 e. The molecule has 0 saturated heterocycles. The molecule has 0 aliphatic carbocycles. The van der Waals surface area contributed by atoms with Crippen LogP contribution in [0, 0.1) is 0 Å². The Hall–Kier alpha value is -3.18. The summed E-state index contributed by atoms with van der Waals surface area (Å²) in [7, 11) is 0. The average molecular weight is 507 g/mol. The molecule has 0 bridgehead atoms. The van der Waals surface area contributed by atoms with Gasteiger partial charge in [0.15, 0.2) is 0 Å². The van der Waals surface area contributed by atoms with Gasteiger partial charge in [0, 0.05) is 39.3 Å². The Morgan fingerprint density at radius 3 is 1.11 bits per heavy atom. The van der Waals surface area contributed by atoms with Crippen LogP contribution in [0.3, 0.4) is 0 Å². The number of ketones is 1. The van der Waals surface area contributed by atoms with Gasteiger partial charge >= 0.3 is 23.9 Å². The fourth-order valence-corrected chi connectivity index (χ4v) is 3.15. The van der Waals surface area contributed by atoms with Crippen molar-refractivity contribution in [1.29, 1.82) is 0 Å². The quantitative estimate of drug-likeness (QED) is 0.0496. The fourth-order valence-electron chi connectivity index (χ4n) is 3.15. The molecule has 16 heteroatoms. The Kier molecular flexibility index (Phi) is 15.7. The van der Waals surface area contributed by atoms with Gasteiger partial charge in [-0.3, -0.25) is 53.8 Å². The number of nitrogens with two attached hydrogens (primary N) is 1. The first-order valence-corrected chi connectivity index (χ1v) is 10.6. The first-order valence-electron chi connectivity index (χ1n) is 10.6. The van der Waals surface area contributed by atoms with Crippen LogP contribution in [-0.4, -0.2) is 154 Å². The van der Waals surface area contributed by atoms with Crippen LogP contribution in [0.4, 0.5) is 0 Å². The molecular weight excluding hydrogens is 472 g/mol. The molecule has 16 nitrogen and oxygen atoms in total. The van der Waals surface area contributed by atoms with E-state index in [0.717, 1.165) is 0 Å². The van der Waals surface area contributed by atoms with Gasteiger partial charge in [-0.25, -0.2) is 5.84 Å². The second kappa shape index (κ2) is 17.3. The van der Waals surface area contributed by atoms with E-state index in [9.17, 15) is 39.0 Å². The number of hydrogen-bond acceptors (Lipinski definition) is 11. The highest BCUT2D eigenvalue weighted by atomic mass is 16.4. The number of carboxylic acids is 4. The van der Waals surface area contributed by atoms with Gasteiger partial charge in [-0.1, -0.05) is 0 Å². The molecule has 0 unspecified atom stereocenters. The van der Waals surface area contributed by atoms with Gasteiger partial charge in [0.1, 0.15) is 5.78 Å². The normalized spacial score (nSPS) is 11.3. The smallest absolute Gasteiger partial charge is 0.317 e. The van der Waals surface area contributed by atoms with E-state index >= 15 is 0 Å². The summed E-state index contributed by atoms with van der Waals surface area (Å²) in [5, 5.41) is 36.4. The highest BCUT2D eigenvalue weighted by molar-refractivity contribution is 5.79. The summed E-state index contributed by atoms with van der Waals surface area (Å²) in [5.41, 5.74) is 1.89. The number of carboxylic acid groups (broad SMARTS) is 4. The Labute approximate surface area is 201 Å². The zero-order chi connectivity index (χ0) is 27.0. The summed E-state index contributed by atoms with van der Waals surface area (Å²) in [4.78, 5) is 73.0. The van der Waals surface area contributed by atoms with Crippen molar-refractivity contribution in [2.75, 3.05) is 78.5 Å². The van der Waals surface area contributed by atoms with Gasteiger partial charge in [-0.15, -0.1) is 0 Å². The van der Waals surface area contributed by atoms with Crippen LogP contribution in [0.15, 0.2) is 0 Å². The highest BCUT2D eigenvalue weighted by Gasteiger charge is 2.19. The molecule has 0 fully saturated rings. The average Bonchev–Trinajstić information content (AvgIpc) is 2.71. The van der Waals surface area contributed by atoms with E-state index in [1.54, 1.807) is 0 Å². The topological polar surface area (TPSA) is 234 Å². The van der Waals surface area contributed by atoms with E-state index in [4.69, 9.17) is 16.1 Å². The van der Waals surface area contributed by atoms with Gasteiger partial charge in [0.05, 0.1) is 39.3 Å². The maximum atomic E-state index is 11.5. The van der Waals surface area contributed by atoms with E-state index in [0.29, 0.717) is 0 Å². The van der Waals surface area contributed by atoms with Crippen LogP contribution < -0.4 is 11.3 Å². The molecular formula is C19H34N6O10. The maximum absolute atomic E-state index is 11.5. The Bertz CT molecular complexity index is 734. The van der Waals surface area contributed by atoms with Crippen LogP contribution in [-0.2, 0) is 28.8 Å². The second-order valence-electron chi connectivity index (χ2n) is 7.82. The fraction of sp³-hybridized carbons (Fsp3) is 0.684. The third-order valence-corrected chi connectivity index (χ3v) is 4.61. The number of hydrogen-bond donors (Lipinski definition) is 6. The lowest BCUT2D eigenvalue weighted by atomic mass is 10.3. The van der Waals surface area contributed by atoms with Crippen molar-refractivity contribution < 1.29 is 49.2 Å². The molecule has 0 aromatic heterocycles. The number of carbonyl (C=O) groups excluding carboxylic acids is 2. The predicted octanol–water partition coefficient (Wildman–Crippen LogP) is -3.89. The first-order chi connectivity index (χ1) is 16.3. The number of rotatable bonds is 21. The summed E-state index contributed by atoms with van der Waals surface area (Å²) >= 11 is 0. The molecule has 0 heterocycles. The van der Waals surface area contributed by atoms with Crippen LogP contribution >= 0.6 is 0 Å². The van der Waals surface area contributed by atoms with E-state index in [2.05, 4.69) is 0 Å². The van der Waals surface area contributed by atoms with Crippen molar-refractivity contribution in [2.24, 2.45) is 5.84 Å². The molecule has 0 radical (unpaired) electrons. The molecule has 7 N–H and O–H groups in total. The molecule has 0 spiro atoms. The SMILES string of the molecule is CC(=O)CN(CCN(CCN(CCN(CC(=O)O)CC(=O)NN)CC(=O)O)CC(=O)O)CC(=O)O. The van der Waals surface area contributed by atoms with E-state index in [-0.39, 0.29) is 58.1 Å². The Balaban J connectivity index is 5.17. The van der Waals surface area contributed by atoms with Crippen molar-refractivity contribution in [3.05, 3.63) is 0 Å². The van der Waals surface area contributed by atoms with Crippen molar-refractivity contribution in [3.8, 4) is 0 Å². The number of Topliss-reactive ketones (excluding diaryl/α,β-unsaturated/α-hetero) is 1. The number of carbonyl (C=O) groups is 6. The minimum absolute atomic E-state index is 0.0247. The minimum Gasteiger partial charge on any atom is -0.480 e. The zero-order valence-electron chi connectivity index (χ0n) is 19.6. The number of aliphatic carboxylic acids is 4. The van der Waals surface area contributed by atoms with Gasteiger partial charge in [0.25, 0.3) is 0 Å². The largest absolute Gasteiger partial charge is 0.480 e. The number of hydrazine groups is 1. The lowest BCUT2D eigenvalue weighted by Crippen LogP contribution is -2.47. The van der Waals surface area contributed by atoms with Gasteiger partial charge < -0.3 is 20.4 Å². The minimum atomic E-state index is -1.19. The summed E-state index contributed by atoms with van der Waals surface area (Å²) in [6.45, 7) is -0.339. The molecule has 200 valence electrons. The van der Waals surface area contributed by atoms with Gasteiger partial charge in [0.2, 0.25) is 5.91 Å². The number of amides is 1. The lowest BCUT2D eigenvalue weighted by molar-refractivity contribution is -0.141. The van der Waals surface area contributed by atoms with Crippen molar-refractivity contribution in [3.63, 3.8) is 0 Å². The molecule has 0 aromatic carbocycles. The summed E-state index contributed by atoms with van der Waals surface area (Å²) < 4.78 is 0. The first kappa shape index (κ1) is 31.8. The zero-order valence-corrected chi connectivity index (χ0v) is 19.6. The summed E-state index contributed by atoms with van der Waals surface area (Å²) in [5.74, 6) is -0.488. The summed E-state index contributed by atoms with van der Waals surface area (Å²) in [6.07, 6.45) is 0. The van der Waals surface area contributed by atoms with E-state index < -0.39 is 56.0 Å². The van der Waals surface area contributed by atoms with E-state index in [1.807, 2.05) is 5.43 Å². The van der Waals surface area contributed by atoms with Gasteiger partial charge in [-0.05, 0) is 6.92 Å². The van der Waals surface area contributed by atoms with Crippen LogP contribution in [0.2, 0.25) is 0 Å². The Morgan fingerprint density at radius 1 is 0.543 bits per heavy atom. The lowest BCUT2D eigenvalue weighted by Gasteiger charge is -2.29.